The summed E-state index contributed by atoms with van der Waals surface area (Å²) < 4.78 is 0. The van der Waals surface area contributed by atoms with Gasteiger partial charge in [-0.25, -0.2) is 0 Å². The maximum Gasteiger partial charge on any atom is 0.149 e. The van der Waals surface area contributed by atoms with E-state index in [0.717, 1.165) is 32.1 Å². The average molecular weight is 231 g/mol. The molecule has 0 aliphatic heterocycles. The molecule has 2 aliphatic carbocycles. The molecule has 0 aromatic rings. The van der Waals surface area contributed by atoms with Crippen LogP contribution in [-0.2, 0) is 0 Å². The highest BCUT2D eigenvalue weighted by Crippen LogP contribution is 2.50. The highest BCUT2D eigenvalue weighted by molar-refractivity contribution is 5.34. The van der Waals surface area contributed by atoms with Crippen molar-refractivity contribution in [2.45, 2.75) is 52.1 Å². The van der Waals surface area contributed by atoms with E-state index in [1.807, 2.05) is 0 Å². The Bertz CT molecular complexity index is 394. The first kappa shape index (κ1) is 12.4. The summed E-state index contributed by atoms with van der Waals surface area (Å²) >= 11 is 0. The Morgan fingerprint density at radius 1 is 1.47 bits per heavy atom. The van der Waals surface area contributed by atoms with Crippen molar-refractivity contribution in [2.24, 2.45) is 11.3 Å². The molecule has 0 spiro atoms. The second kappa shape index (κ2) is 4.66. The zero-order valence-electron chi connectivity index (χ0n) is 10.7. The van der Waals surface area contributed by atoms with Crippen molar-refractivity contribution in [1.82, 2.24) is 0 Å². The number of hydrogen-bond donors (Lipinski definition) is 1. The third-order valence-corrected chi connectivity index (χ3v) is 4.27. The Morgan fingerprint density at radius 2 is 2.12 bits per heavy atom. The van der Waals surface area contributed by atoms with Gasteiger partial charge in [-0.2, -0.15) is 5.26 Å². The van der Waals surface area contributed by atoms with Gasteiger partial charge in [0.15, 0.2) is 0 Å². The lowest BCUT2D eigenvalue weighted by molar-refractivity contribution is 0.0969. The predicted octanol–water partition coefficient (Wildman–Crippen LogP) is 3.34. The third kappa shape index (κ3) is 2.17. The van der Waals surface area contributed by atoms with Gasteiger partial charge in [0.2, 0.25) is 0 Å². The van der Waals surface area contributed by atoms with Gasteiger partial charge >= 0.3 is 0 Å². The lowest BCUT2D eigenvalue weighted by Gasteiger charge is -2.36. The molecule has 17 heavy (non-hydrogen) atoms. The van der Waals surface area contributed by atoms with Gasteiger partial charge < -0.3 is 5.11 Å². The third-order valence-electron chi connectivity index (χ3n) is 4.27. The maximum atomic E-state index is 10.1. The highest BCUT2D eigenvalue weighted by Gasteiger charge is 2.44. The van der Waals surface area contributed by atoms with Gasteiger partial charge in [0.25, 0.3) is 0 Å². The number of rotatable bonds is 2. The Morgan fingerprint density at radius 3 is 2.65 bits per heavy atom. The zero-order chi connectivity index (χ0) is 12.5. The zero-order valence-corrected chi connectivity index (χ0v) is 10.7. The van der Waals surface area contributed by atoms with Crippen LogP contribution in [0.4, 0.5) is 0 Å². The summed E-state index contributed by atoms with van der Waals surface area (Å²) in [5.74, 6) is 0.526. The quantitative estimate of drug-likeness (QED) is 0.741. The van der Waals surface area contributed by atoms with Crippen LogP contribution in [0, 0.1) is 22.7 Å². The van der Waals surface area contributed by atoms with Crippen molar-refractivity contribution < 1.29 is 5.11 Å². The van der Waals surface area contributed by atoms with E-state index in [0.29, 0.717) is 5.92 Å². The molecule has 0 amide bonds. The Balaban J connectivity index is 2.35. The van der Waals surface area contributed by atoms with Crippen LogP contribution in [0.1, 0.15) is 46.0 Å². The molecule has 2 unspecified atom stereocenters. The van der Waals surface area contributed by atoms with E-state index in [4.69, 9.17) is 5.26 Å². The van der Waals surface area contributed by atoms with E-state index in [2.05, 4.69) is 32.1 Å². The topological polar surface area (TPSA) is 44.0 Å². The van der Waals surface area contributed by atoms with Crippen LogP contribution in [0.15, 0.2) is 23.3 Å². The summed E-state index contributed by atoms with van der Waals surface area (Å²) in [5, 5.41) is 19.2. The van der Waals surface area contributed by atoms with Crippen LogP contribution in [-0.4, -0.2) is 11.2 Å². The fraction of sp³-hybridized carbons (Fsp3) is 0.667. The van der Waals surface area contributed by atoms with E-state index in [9.17, 15) is 5.11 Å². The van der Waals surface area contributed by atoms with Gasteiger partial charge in [-0.3, -0.25) is 0 Å². The van der Waals surface area contributed by atoms with Gasteiger partial charge in [0, 0.05) is 5.41 Å². The van der Waals surface area contributed by atoms with Crippen molar-refractivity contribution in [2.75, 3.05) is 0 Å². The van der Waals surface area contributed by atoms with Crippen molar-refractivity contribution in [3.8, 4) is 6.07 Å². The smallest absolute Gasteiger partial charge is 0.149 e. The molecule has 2 rings (SSSR count). The monoisotopic (exact) mass is 231 g/mol. The first-order valence-corrected chi connectivity index (χ1v) is 6.55. The average Bonchev–Trinajstić information content (AvgIpc) is 2.77. The van der Waals surface area contributed by atoms with Gasteiger partial charge in [-0.05, 0) is 32.1 Å². The number of allylic oxidation sites excluding steroid dienone is 3. The minimum atomic E-state index is -0.839. The second-order valence-corrected chi connectivity index (χ2v) is 5.66. The SMILES string of the molecule is CC1=CC(C)CC(C2(C(O)C#N)CCCC2)=C1. The van der Waals surface area contributed by atoms with Crippen molar-refractivity contribution in [3.63, 3.8) is 0 Å². The van der Waals surface area contributed by atoms with Gasteiger partial charge in [0.1, 0.15) is 6.10 Å². The molecule has 0 saturated heterocycles. The first-order valence-electron chi connectivity index (χ1n) is 6.55. The number of hydrogen-bond acceptors (Lipinski definition) is 2. The molecule has 2 nitrogen and oxygen atoms in total. The molecule has 92 valence electrons. The van der Waals surface area contributed by atoms with Gasteiger partial charge in [0.05, 0.1) is 6.07 Å². The Kier molecular flexibility index (Phi) is 3.40. The number of nitriles is 1. The summed E-state index contributed by atoms with van der Waals surface area (Å²) in [6, 6.07) is 2.07. The fourth-order valence-electron chi connectivity index (χ4n) is 3.48. The normalized spacial score (nSPS) is 29.2. The van der Waals surface area contributed by atoms with E-state index in [-0.39, 0.29) is 5.41 Å². The van der Waals surface area contributed by atoms with Crippen LogP contribution in [0.2, 0.25) is 0 Å². The van der Waals surface area contributed by atoms with E-state index < -0.39 is 6.10 Å². The van der Waals surface area contributed by atoms with Crippen LogP contribution in [0.3, 0.4) is 0 Å². The van der Waals surface area contributed by atoms with E-state index in [1.165, 1.54) is 11.1 Å². The predicted molar refractivity (Wildman–Crippen MR) is 68.1 cm³/mol. The lowest BCUT2D eigenvalue weighted by atomic mass is 9.69. The van der Waals surface area contributed by atoms with Crippen LogP contribution >= 0.6 is 0 Å². The van der Waals surface area contributed by atoms with E-state index >= 15 is 0 Å². The molecule has 0 aromatic carbocycles. The molecule has 2 aliphatic rings. The summed E-state index contributed by atoms with van der Waals surface area (Å²) in [6.07, 6.45) is 8.82. The number of nitrogens with zero attached hydrogens (tertiary/aromatic N) is 1. The Labute approximate surface area is 104 Å². The molecule has 0 bridgehead atoms. The molecule has 1 saturated carbocycles. The summed E-state index contributed by atoms with van der Waals surface area (Å²) in [5.41, 5.74) is 2.32. The van der Waals surface area contributed by atoms with Crippen LogP contribution in [0.5, 0.6) is 0 Å². The Hall–Kier alpha value is -1.07. The molecular formula is C15H21NO. The minimum absolute atomic E-state index is 0.251. The first-order chi connectivity index (χ1) is 8.08. The van der Waals surface area contributed by atoms with Gasteiger partial charge in [-0.1, -0.05) is 43.1 Å². The minimum Gasteiger partial charge on any atom is -0.377 e. The molecule has 0 heterocycles. The van der Waals surface area contributed by atoms with Crippen molar-refractivity contribution in [1.29, 1.82) is 5.26 Å². The molecule has 2 atom stereocenters. The number of aliphatic hydroxyl groups excluding tert-OH is 1. The van der Waals surface area contributed by atoms with Crippen LogP contribution < -0.4 is 0 Å². The van der Waals surface area contributed by atoms with E-state index in [1.54, 1.807) is 0 Å². The molecule has 1 N–H and O–H groups in total. The molecule has 0 radical (unpaired) electrons. The lowest BCUT2D eigenvalue weighted by Crippen LogP contribution is -2.34. The standard InChI is InChI=1S/C15H21NO/c1-11-7-12(2)9-13(8-11)15(14(17)10-16)5-3-4-6-15/h7-8,12,14,17H,3-6,9H2,1-2H3. The summed E-state index contributed by atoms with van der Waals surface area (Å²) in [6.45, 7) is 4.31. The van der Waals surface area contributed by atoms with Crippen molar-refractivity contribution >= 4 is 0 Å². The summed E-state index contributed by atoms with van der Waals surface area (Å²) in [7, 11) is 0. The van der Waals surface area contributed by atoms with Gasteiger partial charge in [-0.15, -0.1) is 0 Å². The highest BCUT2D eigenvalue weighted by atomic mass is 16.3. The molecule has 0 aromatic heterocycles. The summed E-state index contributed by atoms with van der Waals surface area (Å²) in [4.78, 5) is 0. The number of aliphatic hydroxyl groups is 1. The second-order valence-electron chi connectivity index (χ2n) is 5.66. The van der Waals surface area contributed by atoms with Crippen LogP contribution in [0.25, 0.3) is 0 Å². The van der Waals surface area contributed by atoms with Crippen molar-refractivity contribution in [3.05, 3.63) is 23.3 Å². The maximum absolute atomic E-state index is 10.1. The fourth-order valence-corrected chi connectivity index (χ4v) is 3.48. The molecular weight excluding hydrogens is 210 g/mol. The largest absolute Gasteiger partial charge is 0.377 e. The molecule has 1 fully saturated rings. The molecule has 2 heteroatoms.